The topological polar surface area (TPSA) is 103 Å². The number of carbonyl (C=O) groups excluding carboxylic acids is 3. The molecular formula is C24H21FN4O4S3. The molecule has 2 aromatic carbocycles. The lowest BCUT2D eigenvalue weighted by Gasteiger charge is -2.05. The third-order valence-corrected chi connectivity index (χ3v) is 7.45. The van der Waals surface area contributed by atoms with Gasteiger partial charge >= 0.3 is 5.97 Å². The molecule has 0 aliphatic heterocycles. The minimum atomic E-state index is -0.487. The maximum absolute atomic E-state index is 13.7. The highest BCUT2D eigenvalue weighted by Gasteiger charge is 2.14. The molecule has 0 bridgehead atoms. The molecule has 0 atom stereocenters. The third-order valence-electron chi connectivity index (χ3n) is 4.74. The number of aromatic nitrogens is 2. The maximum Gasteiger partial charge on any atom is 0.326 e. The molecule has 0 aliphatic rings. The first-order valence-corrected chi connectivity index (χ1v) is 13.7. The van der Waals surface area contributed by atoms with Crippen molar-refractivity contribution in [3.63, 3.8) is 0 Å². The van der Waals surface area contributed by atoms with Crippen LogP contribution in [0.4, 0.5) is 9.52 Å². The fourth-order valence-electron chi connectivity index (χ4n) is 3.22. The van der Waals surface area contributed by atoms with Crippen LogP contribution in [0.3, 0.4) is 0 Å². The lowest BCUT2D eigenvalue weighted by atomic mass is 10.2. The van der Waals surface area contributed by atoms with E-state index in [4.69, 9.17) is 4.74 Å². The van der Waals surface area contributed by atoms with E-state index in [-0.39, 0.29) is 35.4 Å². The van der Waals surface area contributed by atoms with Crippen LogP contribution in [0.15, 0.2) is 58.9 Å². The number of thioether (sulfide) groups is 1. The number of hydrogen-bond acceptors (Lipinski definition) is 8. The van der Waals surface area contributed by atoms with Crippen molar-refractivity contribution in [1.29, 1.82) is 0 Å². The predicted molar refractivity (Wildman–Crippen MR) is 140 cm³/mol. The molecule has 2 heterocycles. The minimum absolute atomic E-state index is 0.0391. The first-order valence-electron chi connectivity index (χ1n) is 10.8. The van der Waals surface area contributed by atoms with Gasteiger partial charge in [-0.25, -0.2) is 9.37 Å². The van der Waals surface area contributed by atoms with E-state index in [1.54, 1.807) is 6.92 Å². The average molecular weight is 545 g/mol. The Labute approximate surface area is 217 Å². The van der Waals surface area contributed by atoms with Crippen molar-refractivity contribution >= 4 is 67.6 Å². The van der Waals surface area contributed by atoms with Gasteiger partial charge < -0.3 is 14.6 Å². The Balaban J connectivity index is 1.37. The van der Waals surface area contributed by atoms with Gasteiger partial charge in [0.25, 0.3) is 5.91 Å². The fourth-order valence-corrected chi connectivity index (χ4v) is 5.63. The molecule has 4 rings (SSSR count). The second-order valence-corrected chi connectivity index (χ2v) is 10.2. The van der Waals surface area contributed by atoms with Gasteiger partial charge in [-0.2, -0.15) is 4.99 Å². The molecule has 12 heteroatoms. The molecule has 2 aromatic heterocycles. The normalized spacial score (nSPS) is 11.6. The molecule has 0 radical (unpaired) electrons. The summed E-state index contributed by atoms with van der Waals surface area (Å²) in [5.74, 6) is -1.67. The summed E-state index contributed by atoms with van der Waals surface area (Å²) in [6.07, 6.45) is 0. The van der Waals surface area contributed by atoms with Gasteiger partial charge in [0.05, 0.1) is 34.0 Å². The summed E-state index contributed by atoms with van der Waals surface area (Å²) in [5, 5.41) is 5.08. The Morgan fingerprint density at radius 2 is 1.97 bits per heavy atom. The maximum atomic E-state index is 13.7. The monoisotopic (exact) mass is 544 g/mol. The summed E-state index contributed by atoms with van der Waals surface area (Å²) in [7, 11) is 0. The van der Waals surface area contributed by atoms with Crippen molar-refractivity contribution in [2.75, 3.05) is 23.4 Å². The summed E-state index contributed by atoms with van der Waals surface area (Å²) < 4.78 is 20.8. The largest absolute Gasteiger partial charge is 0.465 e. The number of halogens is 1. The zero-order chi connectivity index (χ0) is 25.5. The molecule has 0 saturated carbocycles. The van der Waals surface area contributed by atoms with E-state index in [2.05, 4.69) is 15.3 Å². The summed E-state index contributed by atoms with van der Waals surface area (Å²) in [6.45, 7) is 1.76. The van der Waals surface area contributed by atoms with Gasteiger partial charge in [0.15, 0.2) is 9.93 Å². The first-order chi connectivity index (χ1) is 17.4. The van der Waals surface area contributed by atoms with Crippen LogP contribution >= 0.6 is 34.4 Å². The summed E-state index contributed by atoms with van der Waals surface area (Å²) >= 11 is 3.54. The number of hydrogen-bond donors (Lipinski definition) is 1. The van der Waals surface area contributed by atoms with Crippen molar-refractivity contribution < 1.29 is 23.5 Å². The van der Waals surface area contributed by atoms with Crippen LogP contribution < -0.4 is 10.1 Å². The lowest BCUT2D eigenvalue weighted by Crippen LogP contribution is -2.23. The van der Waals surface area contributed by atoms with Gasteiger partial charge in [-0.05, 0) is 25.1 Å². The smallest absolute Gasteiger partial charge is 0.326 e. The quantitative estimate of drug-likeness (QED) is 0.315. The zero-order valence-corrected chi connectivity index (χ0v) is 21.6. The van der Waals surface area contributed by atoms with Crippen molar-refractivity contribution in [1.82, 2.24) is 9.55 Å². The highest BCUT2D eigenvalue weighted by Crippen LogP contribution is 2.24. The predicted octanol–water partition coefficient (Wildman–Crippen LogP) is 4.33. The molecule has 0 saturated heterocycles. The van der Waals surface area contributed by atoms with Crippen LogP contribution in [0.2, 0.25) is 0 Å². The third kappa shape index (κ3) is 6.65. The van der Waals surface area contributed by atoms with E-state index in [1.807, 2.05) is 35.7 Å². The van der Waals surface area contributed by atoms with Crippen LogP contribution in [-0.2, 0) is 25.7 Å². The van der Waals surface area contributed by atoms with Gasteiger partial charge in [-0.1, -0.05) is 41.7 Å². The second-order valence-electron chi connectivity index (χ2n) is 7.34. The van der Waals surface area contributed by atoms with Gasteiger partial charge in [0, 0.05) is 10.9 Å². The Morgan fingerprint density at radius 3 is 2.75 bits per heavy atom. The van der Waals surface area contributed by atoms with Gasteiger partial charge in [-0.15, -0.1) is 23.1 Å². The van der Waals surface area contributed by atoms with Crippen molar-refractivity contribution in [2.24, 2.45) is 4.99 Å². The number of amides is 2. The number of nitrogens with zero attached hydrogens (tertiary/aromatic N) is 3. The SMILES string of the molecule is CCOC(=O)Cn1c(=NC(=O)CSCC(=O)Nc2nc(-c3ccccc3)cs2)sc2cc(F)ccc21. The number of thiazole rings is 2. The molecule has 0 unspecified atom stereocenters. The molecule has 0 fully saturated rings. The lowest BCUT2D eigenvalue weighted by molar-refractivity contribution is -0.143. The van der Waals surface area contributed by atoms with Gasteiger partial charge in [0.2, 0.25) is 5.91 Å². The molecule has 186 valence electrons. The van der Waals surface area contributed by atoms with Crippen LogP contribution in [0.5, 0.6) is 0 Å². The Bertz CT molecular complexity index is 1460. The molecule has 36 heavy (non-hydrogen) atoms. The molecular weight excluding hydrogens is 523 g/mol. The fraction of sp³-hybridized carbons (Fsp3) is 0.208. The standard InChI is InChI=1S/C24H21FN4O4S3/c1-2-33-22(32)11-29-18-9-8-16(25)10-19(18)36-24(29)28-21(31)14-34-13-20(30)27-23-26-17(12-35-23)15-6-4-3-5-7-15/h3-10,12H,2,11,13-14H2,1H3,(H,26,27,30). The number of ether oxygens (including phenoxy) is 1. The van der Waals surface area contributed by atoms with Crippen LogP contribution in [0, 0.1) is 5.82 Å². The van der Waals surface area contributed by atoms with E-state index in [0.29, 0.717) is 15.3 Å². The van der Waals surface area contributed by atoms with E-state index in [9.17, 15) is 18.8 Å². The number of nitrogens with one attached hydrogen (secondary N) is 1. The Kier molecular flexibility index (Phi) is 8.62. The average Bonchev–Trinajstić information content (AvgIpc) is 3.44. The van der Waals surface area contributed by atoms with Crippen molar-refractivity contribution in [2.45, 2.75) is 13.5 Å². The number of esters is 1. The Hall–Kier alpha value is -3.35. The summed E-state index contributed by atoms with van der Waals surface area (Å²) in [5.41, 5.74) is 2.31. The highest BCUT2D eigenvalue weighted by atomic mass is 32.2. The van der Waals surface area contributed by atoms with E-state index < -0.39 is 17.7 Å². The minimum Gasteiger partial charge on any atom is -0.465 e. The van der Waals surface area contributed by atoms with Crippen molar-refractivity contribution in [3.8, 4) is 11.3 Å². The van der Waals surface area contributed by atoms with Crippen LogP contribution in [0.25, 0.3) is 21.5 Å². The number of fused-ring (bicyclic) bond motifs is 1. The number of carbonyl (C=O) groups is 3. The zero-order valence-electron chi connectivity index (χ0n) is 19.1. The van der Waals surface area contributed by atoms with Gasteiger partial charge in [0.1, 0.15) is 12.4 Å². The number of anilines is 1. The second kappa shape index (κ2) is 12.1. The highest BCUT2D eigenvalue weighted by molar-refractivity contribution is 8.00. The molecule has 2 amide bonds. The first kappa shape index (κ1) is 25.7. The van der Waals surface area contributed by atoms with Crippen LogP contribution in [0.1, 0.15) is 6.92 Å². The summed E-state index contributed by atoms with van der Waals surface area (Å²) in [4.78, 5) is 45.6. The molecule has 0 spiro atoms. The van der Waals surface area contributed by atoms with E-state index >= 15 is 0 Å². The van der Waals surface area contributed by atoms with Crippen molar-refractivity contribution in [3.05, 3.63) is 64.5 Å². The van der Waals surface area contributed by atoms with Crippen LogP contribution in [-0.4, -0.2) is 45.4 Å². The molecule has 0 aliphatic carbocycles. The Morgan fingerprint density at radius 1 is 1.17 bits per heavy atom. The molecule has 8 nitrogen and oxygen atoms in total. The number of rotatable bonds is 9. The van der Waals surface area contributed by atoms with E-state index in [0.717, 1.165) is 34.4 Å². The number of benzene rings is 2. The summed E-state index contributed by atoms with van der Waals surface area (Å²) in [6, 6.07) is 13.8. The van der Waals surface area contributed by atoms with E-state index in [1.165, 1.54) is 34.1 Å². The molecule has 1 N–H and O–H groups in total. The van der Waals surface area contributed by atoms with Gasteiger partial charge in [-0.3, -0.25) is 14.4 Å². The molecule has 4 aromatic rings.